The van der Waals surface area contributed by atoms with E-state index in [1.165, 1.54) is 12.8 Å². The van der Waals surface area contributed by atoms with Crippen molar-refractivity contribution in [3.8, 4) is 0 Å². The largest absolute Gasteiger partial charge is 0.481 e. The predicted molar refractivity (Wildman–Crippen MR) is 89.9 cm³/mol. The van der Waals surface area contributed by atoms with Crippen LogP contribution in [-0.4, -0.2) is 34.0 Å². The van der Waals surface area contributed by atoms with Crippen molar-refractivity contribution in [2.24, 2.45) is 5.92 Å². The van der Waals surface area contributed by atoms with Gasteiger partial charge in [-0.15, -0.1) is 0 Å². The Kier molecular flexibility index (Phi) is 14.9. The number of carboxylic acid groups (broad SMARTS) is 1. The molecule has 0 aromatic rings. The number of unbranched alkanes of at least 4 members (excludes halogenated alkanes) is 5. The van der Waals surface area contributed by atoms with E-state index in [0.717, 1.165) is 64.2 Å². The van der Waals surface area contributed by atoms with Gasteiger partial charge in [0.2, 0.25) is 0 Å². The quantitative estimate of drug-likeness (QED) is 0.374. The Hall–Kier alpha value is -0.610. The molecule has 0 aromatic carbocycles. The minimum Gasteiger partial charge on any atom is -0.481 e. The van der Waals surface area contributed by atoms with Gasteiger partial charge in [0.1, 0.15) is 0 Å². The first-order chi connectivity index (χ1) is 10.6. The Morgan fingerprint density at radius 2 is 1.45 bits per heavy atom. The van der Waals surface area contributed by atoms with E-state index in [-0.39, 0.29) is 19.1 Å². The highest BCUT2D eigenvalue weighted by atomic mass is 16.4. The second-order valence-electron chi connectivity index (χ2n) is 6.48. The lowest BCUT2D eigenvalue weighted by atomic mass is 9.94. The average molecular weight is 316 g/mol. The number of aliphatic hydroxyl groups excluding tert-OH is 2. The fraction of sp³-hybridized carbons (Fsp3) is 0.944. The minimum absolute atomic E-state index is 0.179. The highest BCUT2D eigenvalue weighted by Crippen LogP contribution is 2.19. The number of carbonyl (C=O) groups is 1. The third kappa shape index (κ3) is 14.3. The Bertz CT molecular complexity index is 255. The topological polar surface area (TPSA) is 77.8 Å². The monoisotopic (exact) mass is 316 g/mol. The van der Waals surface area contributed by atoms with Gasteiger partial charge in [-0.2, -0.15) is 0 Å². The van der Waals surface area contributed by atoms with Gasteiger partial charge >= 0.3 is 5.97 Å². The molecule has 0 saturated carbocycles. The number of carboxylic acids is 1. The smallest absolute Gasteiger partial charge is 0.303 e. The van der Waals surface area contributed by atoms with Crippen LogP contribution < -0.4 is 0 Å². The molecule has 4 heteroatoms. The van der Waals surface area contributed by atoms with E-state index in [4.69, 9.17) is 5.11 Å². The van der Waals surface area contributed by atoms with Gasteiger partial charge in [-0.25, -0.2) is 0 Å². The van der Waals surface area contributed by atoms with Crippen LogP contribution >= 0.6 is 0 Å². The van der Waals surface area contributed by atoms with Crippen molar-refractivity contribution in [2.45, 2.75) is 96.5 Å². The zero-order valence-electron chi connectivity index (χ0n) is 14.3. The molecule has 0 bridgehead atoms. The van der Waals surface area contributed by atoms with E-state index in [1.807, 2.05) is 0 Å². The molecule has 0 aliphatic heterocycles. The molecule has 0 amide bonds. The molecule has 132 valence electrons. The molecular weight excluding hydrogens is 280 g/mol. The van der Waals surface area contributed by atoms with Crippen molar-refractivity contribution >= 4 is 5.97 Å². The van der Waals surface area contributed by atoms with E-state index in [9.17, 15) is 15.0 Å². The van der Waals surface area contributed by atoms with Crippen LogP contribution in [-0.2, 0) is 4.79 Å². The summed E-state index contributed by atoms with van der Waals surface area (Å²) in [7, 11) is 0. The molecule has 0 fully saturated rings. The predicted octanol–water partition coefficient (Wildman–Crippen LogP) is 4.13. The number of rotatable bonds is 16. The van der Waals surface area contributed by atoms with Gasteiger partial charge in [0.05, 0.1) is 6.10 Å². The first-order valence-corrected chi connectivity index (χ1v) is 9.10. The molecule has 22 heavy (non-hydrogen) atoms. The normalized spacial score (nSPS) is 14.0. The Balaban J connectivity index is 3.51. The summed E-state index contributed by atoms with van der Waals surface area (Å²) in [6.07, 6.45) is 12.1. The molecule has 4 nitrogen and oxygen atoms in total. The molecule has 0 aliphatic carbocycles. The van der Waals surface area contributed by atoms with Crippen LogP contribution in [0.3, 0.4) is 0 Å². The first-order valence-electron chi connectivity index (χ1n) is 9.10. The summed E-state index contributed by atoms with van der Waals surface area (Å²) in [4.78, 5) is 10.4. The number of aliphatic carboxylic acids is 1. The van der Waals surface area contributed by atoms with Crippen LogP contribution in [0.5, 0.6) is 0 Å². The zero-order valence-corrected chi connectivity index (χ0v) is 14.3. The standard InChI is InChI=1S/C18H36O4/c1-2-3-6-12-17(20)13-9-11-16(15-19)10-7-4-5-8-14-18(21)22/h16-17,19-20H,2-15H2,1H3,(H,21,22)/t16-,17+/m1/s1. The van der Waals surface area contributed by atoms with E-state index < -0.39 is 5.97 Å². The Labute approximate surface area is 135 Å². The molecule has 3 N–H and O–H groups in total. The van der Waals surface area contributed by atoms with Crippen molar-refractivity contribution in [1.29, 1.82) is 0 Å². The van der Waals surface area contributed by atoms with Crippen LogP contribution in [0, 0.1) is 5.92 Å². The van der Waals surface area contributed by atoms with Crippen molar-refractivity contribution in [2.75, 3.05) is 6.61 Å². The second kappa shape index (κ2) is 15.3. The summed E-state index contributed by atoms with van der Waals surface area (Å²) in [6, 6.07) is 0. The van der Waals surface area contributed by atoms with Crippen molar-refractivity contribution in [3.05, 3.63) is 0 Å². The highest BCUT2D eigenvalue weighted by molar-refractivity contribution is 5.66. The summed E-state index contributed by atoms with van der Waals surface area (Å²) in [5.74, 6) is -0.381. The van der Waals surface area contributed by atoms with Crippen LogP contribution in [0.15, 0.2) is 0 Å². The molecule has 0 unspecified atom stereocenters. The van der Waals surface area contributed by atoms with Gasteiger partial charge in [-0.3, -0.25) is 4.79 Å². The number of aliphatic hydroxyl groups is 2. The van der Waals surface area contributed by atoms with Gasteiger partial charge in [0.25, 0.3) is 0 Å². The third-order valence-corrected chi connectivity index (χ3v) is 4.30. The molecule has 0 saturated heterocycles. The van der Waals surface area contributed by atoms with Crippen LogP contribution in [0.1, 0.15) is 90.4 Å². The first kappa shape index (κ1) is 21.4. The van der Waals surface area contributed by atoms with Gasteiger partial charge < -0.3 is 15.3 Å². The van der Waals surface area contributed by atoms with Crippen molar-refractivity contribution in [3.63, 3.8) is 0 Å². The lowest BCUT2D eigenvalue weighted by Crippen LogP contribution is -2.10. The molecule has 0 aromatic heterocycles. The Morgan fingerprint density at radius 1 is 0.864 bits per heavy atom. The van der Waals surface area contributed by atoms with E-state index in [0.29, 0.717) is 5.92 Å². The Morgan fingerprint density at radius 3 is 2.09 bits per heavy atom. The third-order valence-electron chi connectivity index (χ3n) is 4.30. The fourth-order valence-corrected chi connectivity index (χ4v) is 2.81. The molecular formula is C18H36O4. The van der Waals surface area contributed by atoms with Gasteiger partial charge in [-0.05, 0) is 38.0 Å². The van der Waals surface area contributed by atoms with E-state index in [1.54, 1.807) is 0 Å². The van der Waals surface area contributed by atoms with E-state index >= 15 is 0 Å². The van der Waals surface area contributed by atoms with Crippen LogP contribution in [0.4, 0.5) is 0 Å². The summed E-state index contributed by atoms with van der Waals surface area (Å²) >= 11 is 0. The fourth-order valence-electron chi connectivity index (χ4n) is 2.81. The second-order valence-corrected chi connectivity index (χ2v) is 6.48. The van der Waals surface area contributed by atoms with Crippen LogP contribution in [0.2, 0.25) is 0 Å². The SMILES string of the molecule is CCCCC[C@H](O)CCC[C@H](CO)CCCCCCC(=O)O. The lowest BCUT2D eigenvalue weighted by molar-refractivity contribution is -0.137. The molecule has 0 heterocycles. The molecule has 0 radical (unpaired) electrons. The van der Waals surface area contributed by atoms with Crippen molar-refractivity contribution < 1.29 is 20.1 Å². The van der Waals surface area contributed by atoms with Gasteiger partial charge in [-0.1, -0.05) is 51.9 Å². The van der Waals surface area contributed by atoms with Gasteiger partial charge in [0, 0.05) is 13.0 Å². The van der Waals surface area contributed by atoms with Crippen molar-refractivity contribution in [1.82, 2.24) is 0 Å². The average Bonchev–Trinajstić information content (AvgIpc) is 2.48. The van der Waals surface area contributed by atoms with Crippen LogP contribution in [0.25, 0.3) is 0 Å². The number of hydrogen-bond acceptors (Lipinski definition) is 3. The lowest BCUT2D eigenvalue weighted by Gasteiger charge is -2.15. The highest BCUT2D eigenvalue weighted by Gasteiger charge is 2.09. The summed E-state index contributed by atoms with van der Waals surface area (Å²) in [6.45, 7) is 2.39. The summed E-state index contributed by atoms with van der Waals surface area (Å²) in [5.41, 5.74) is 0. The maximum Gasteiger partial charge on any atom is 0.303 e. The molecule has 0 spiro atoms. The molecule has 2 atom stereocenters. The van der Waals surface area contributed by atoms with E-state index in [2.05, 4.69) is 6.92 Å². The maximum atomic E-state index is 10.4. The minimum atomic E-state index is -0.717. The number of hydrogen-bond donors (Lipinski definition) is 3. The maximum absolute atomic E-state index is 10.4. The zero-order chi connectivity index (χ0) is 16.6. The van der Waals surface area contributed by atoms with Gasteiger partial charge in [0.15, 0.2) is 0 Å². The summed E-state index contributed by atoms with van der Waals surface area (Å²) < 4.78 is 0. The molecule has 0 aliphatic rings. The molecule has 0 rings (SSSR count). The summed E-state index contributed by atoms with van der Waals surface area (Å²) in [5, 5.41) is 27.8.